The molecule has 1 aromatic rings. The fourth-order valence-corrected chi connectivity index (χ4v) is 2.25. The summed E-state index contributed by atoms with van der Waals surface area (Å²) in [5, 5.41) is 19.0. The molecule has 17 heavy (non-hydrogen) atoms. The van der Waals surface area contributed by atoms with E-state index < -0.39 is 6.10 Å². The number of nitrogens with zero attached hydrogens (tertiary/aromatic N) is 1. The van der Waals surface area contributed by atoms with Crippen LogP contribution in [0.3, 0.4) is 0 Å². The molecule has 0 aromatic heterocycles. The molecule has 0 radical (unpaired) electrons. The summed E-state index contributed by atoms with van der Waals surface area (Å²) in [5.74, 6) is -0.279. The molecule has 1 amide bonds. The minimum atomic E-state index is -0.915. The molecule has 1 aromatic carbocycles. The maximum Gasteiger partial charge on any atom is 0.252 e. The van der Waals surface area contributed by atoms with Crippen molar-refractivity contribution < 1.29 is 15.0 Å². The highest BCUT2D eigenvalue weighted by Crippen LogP contribution is 2.24. The molecule has 1 saturated heterocycles. The van der Waals surface area contributed by atoms with E-state index in [-0.39, 0.29) is 18.6 Å². The average Bonchev–Trinajstić information content (AvgIpc) is 2.37. The van der Waals surface area contributed by atoms with E-state index in [9.17, 15) is 15.0 Å². The maximum absolute atomic E-state index is 11.9. The molecule has 1 heterocycles. The van der Waals surface area contributed by atoms with Crippen LogP contribution in [0, 0.1) is 0 Å². The van der Waals surface area contributed by atoms with Crippen LogP contribution in [0.4, 0.5) is 0 Å². The van der Waals surface area contributed by atoms with Crippen molar-refractivity contribution in [1.82, 2.24) is 4.90 Å². The third-order valence-corrected chi connectivity index (χ3v) is 3.18. The summed E-state index contributed by atoms with van der Waals surface area (Å²) in [6.07, 6.45) is 0.375. The number of hydrogen-bond acceptors (Lipinski definition) is 3. The SMILES string of the molecule is O=C1[C@H](O)CCCN1[C@@H](CO)c1ccccc1. The van der Waals surface area contributed by atoms with E-state index in [1.165, 1.54) is 0 Å². The van der Waals surface area contributed by atoms with Gasteiger partial charge in [0.2, 0.25) is 0 Å². The molecule has 0 unspecified atom stereocenters. The Kier molecular flexibility index (Phi) is 3.76. The van der Waals surface area contributed by atoms with Gasteiger partial charge in [-0.1, -0.05) is 30.3 Å². The zero-order valence-corrected chi connectivity index (χ0v) is 9.62. The second-order valence-electron chi connectivity index (χ2n) is 4.30. The lowest BCUT2D eigenvalue weighted by atomic mass is 10.0. The van der Waals surface area contributed by atoms with Crippen LogP contribution < -0.4 is 0 Å². The number of benzene rings is 1. The van der Waals surface area contributed by atoms with Crippen molar-refractivity contribution in [1.29, 1.82) is 0 Å². The van der Waals surface area contributed by atoms with Crippen LogP contribution in [0.15, 0.2) is 30.3 Å². The molecule has 2 N–H and O–H groups in total. The number of amides is 1. The summed E-state index contributed by atoms with van der Waals surface area (Å²) < 4.78 is 0. The number of aliphatic hydroxyl groups excluding tert-OH is 2. The van der Waals surface area contributed by atoms with Gasteiger partial charge in [0, 0.05) is 6.54 Å². The molecule has 1 aliphatic heterocycles. The predicted octanol–water partition coefficient (Wildman–Crippen LogP) is 0.703. The van der Waals surface area contributed by atoms with Crippen molar-refractivity contribution in [3.05, 3.63) is 35.9 Å². The van der Waals surface area contributed by atoms with Gasteiger partial charge in [-0.15, -0.1) is 0 Å². The molecule has 1 aliphatic rings. The number of carbonyl (C=O) groups excluding carboxylic acids is 1. The van der Waals surface area contributed by atoms with Crippen LogP contribution >= 0.6 is 0 Å². The van der Waals surface area contributed by atoms with Crippen LogP contribution in [0.25, 0.3) is 0 Å². The van der Waals surface area contributed by atoms with Gasteiger partial charge in [-0.2, -0.15) is 0 Å². The Bertz CT molecular complexity index is 380. The van der Waals surface area contributed by atoms with Gasteiger partial charge in [-0.05, 0) is 18.4 Å². The fraction of sp³-hybridized carbons (Fsp3) is 0.462. The molecule has 2 atom stereocenters. The lowest BCUT2D eigenvalue weighted by Crippen LogP contribution is -2.46. The van der Waals surface area contributed by atoms with Gasteiger partial charge < -0.3 is 15.1 Å². The number of piperidine rings is 1. The van der Waals surface area contributed by atoms with E-state index in [1.54, 1.807) is 4.90 Å². The Morgan fingerprint density at radius 2 is 2.06 bits per heavy atom. The third kappa shape index (κ3) is 2.48. The highest BCUT2D eigenvalue weighted by molar-refractivity contribution is 5.81. The standard InChI is InChI=1S/C13H17NO3/c15-9-11(10-5-2-1-3-6-10)14-8-4-7-12(16)13(14)17/h1-3,5-6,11-12,15-16H,4,7-9H2/t11-,12+/m0/s1. The van der Waals surface area contributed by atoms with Crippen LogP contribution in [0.1, 0.15) is 24.4 Å². The summed E-state index contributed by atoms with van der Waals surface area (Å²) in [5.41, 5.74) is 0.900. The lowest BCUT2D eigenvalue weighted by molar-refractivity contribution is -0.147. The minimum absolute atomic E-state index is 0.123. The van der Waals surface area contributed by atoms with Crippen LogP contribution in [0.2, 0.25) is 0 Å². The zero-order valence-electron chi connectivity index (χ0n) is 9.62. The van der Waals surface area contributed by atoms with Crippen molar-refractivity contribution in [2.24, 2.45) is 0 Å². The minimum Gasteiger partial charge on any atom is -0.394 e. The Labute approximate surface area is 100 Å². The van der Waals surface area contributed by atoms with Gasteiger partial charge in [0.25, 0.3) is 5.91 Å². The Hall–Kier alpha value is -1.39. The molecule has 4 nitrogen and oxygen atoms in total. The lowest BCUT2D eigenvalue weighted by Gasteiger charge is -2.35. The molecule has 4 heteroatoms. The number of likely N-dealkylation sites (tertiary alicyclic amines) is 1. The second-order valence-corrected chi connectivity index (χ2v) is 4.30. The van der Waals surface area contributed by atoms with E-state index >= 15 is 0 Å². The van der Waals surface area contributed by atoms with Crippen LogP contribution in [-0.4, -0.2) is 40.3 Å². The van der Waals surface area contributed by atoms with Crippen molar-refractivity contribution in [2.75, 3.05) is 13.2 Å². The van der Waals surface area contributed by atoms with E-state index in [4.69, 9.17) is 0 Å². The van der Waals surface area contributed by atoms with E-state index in [0.29, 0.717) is 13.0 Å². The number of hydrogen-bond donors (Lipinski definition) is 2. The molecule has 0 bridgehead atoms. The van der Waals surface area contributed by atoms with E-state index in [1.807, 2.05) is 30.3 Å². The van der Waals surface area contributed by atoms with Crippen molar-refractivity contribution in [3.8, 4) is 0 Å². The summed E-state index contributed by atoms with van der Waals surface area (Å²) in [6, 6.07) is 9.07. The van der Waals surface area contributed by atoms with Gasteiger partial charge >= 0.3 is 0 Å². The Morgan fingerprint density at radius 1 is 1.35 bits per heavy atom. The Morgan fingerprint density at radius 3 is 2.71 bits per heavy atom. The molecule has 0 saturated carbocycles. The first kappa shape index (κ1) is 12.1. The normalized spacial score (nSPS) is 22.6. The number of aliphatic hydroxyl groups is 2. The first-order chi connectivity index (χ1) is 8.24. The number of carbonyl (C=O) groups is 1. The van der Waals surface area contributed by atoms with Gasteiger partial charge in [-0.25, -0.2) is 0 Å². The molecular formula is C13H17NO3. The van der Waals surface area contributed by atoms with Gasteiger partial charge in [0.05, 0.1) is 12.6 Å². The first-order valence-electron chi connectivity index (χ1n) is 5.88. The summed E-state index contributed by atoms with van der Waals surface area (Å²) in [6.45, 7) is 0.471. The molecule has 0 spiro atoms. The highest BCUT2D eigenvalue weighted by Gasteiger charge is 2.32. The average molecular weight is 235 g/mol. The van der Waals surface area contributed by atoms with Crippen LogP contribution in [-0.2, 0) is 4.79 Å². The largest absolute Gasteiger partial charge is 0.394 e. The Balaban J connectivity index is 2.21. The second kappa shape index (κ2) is 5.29. The first-order valence-corrected chi connectivity index (χ1v) is 5.88. The van der Waals surface area contributed by atoms with Crippen molar-refractivity contribution >= 4 is 5.91 Å². The molecule has 2 rings (SSSR count). The highest BCUT2D eigenvalue weighted by atomic mass is 16.3. The predicted molar refractivity (Wildman–Crippen MR) is 63.2 cm³/mol. The van der Waals surface area contributed by atoms with Crippen molar-refractivity contribution in [2.45, 2.75) is 25.0 Å². The van der Waals surface area contributed by atoms with Gasteiger partial charge in [-0.3, -0.25) is 4.79 Å². The maximum atomic E-state index is 11.9. The van der Waals surface area contributed by atoms with E-state index in [2.05, 4.69) is 0 Å². The van der Waals surface area contributed by atoms with E-state index in [0.717, 1.165) is 12.0 Å². The molecule has 0 aliphatic carbocycles. The van der Waals surface area contributed by atoms with Gasteiger partial charge in [0.15, 0.2) is 0 Å². The zero-order chi connectivity index (χ0) is 12.3. The molecular weight excluding hydrogens is 218 g/mol. The number of rotatable bonds is 3. The molecule has 1 fully saturated rings. The smallest absolute Gasteiger partial charge is 0.252 e. The van der Waals surface area contributed by atoms with Crippen molar-refractivity contribution in [3.63, 3.8) is 0 Å². The fourth-order valence-electron chi connectivity index (χ4n) is 2.25. The topological polar surface area (TPSA) is 60.8 Å². The quantitative estimate of drug-likeness (QED) is 0.811. The van der Waals surface area contributed by atoms with Crippen LogP contribution in [0.5, 0.6) is 0 Å². The third-order valence-electron chi connectivity index (χ3n) is 3.18. The monoisotopic (exact) mass is 235 g/mol. The summed E-state index contributed by atoms with van der Waals surface area (Å²) >= 11 is 0. The van der Waals surface area contributed by atoms with Gasteiger partial charge in [0.1, 0.15) is 6.10 Å². The molecule has 92 valence electrons. The summed E-state index contributed by atoms with van der Waals surface area (Å²) in [7, 11) is 0. The summed E-state index contributed by atoms with van der Waals surface area (Å²) in [4.78, 5) is 13.4.